The van der Waals surface area contributed by atoms with Gasteiger partial charge in [0.05, 0.1) is 0 Å². The van der Waals surface area contributed by atoms with Gasteiger partial charge in [0.15, 0.2) is 0 Å². The van der Waals surface area contributed by atoms with Crippen molar-refractivity contribution >= 4 is 34.1 Å². The maximum atomic E-state index is 2.34. The minimum absolute atomic E-state index is 1.10. The summed E-state index contributed by atoms with van der Waals surface area (Å²) in [6.07, 6.45) is 0. The zero-order chi connectivity index (χ0) is 77.6. The van der Waals surface area contributed by atoms with E-state index in [0.29, 0.717) is 0 Å². The fraction of sp³-hybridized carbons (Fsp3) is 0.0357. The first-order valence-corrected chi connectivity index (χ1v) is 39.7. The standard InChI is InChI=1S/2C54H39N.2C2H6/c1-4-11-40(12-5-1)43-19-23-45(24-20-43)47-27-33-52(34-28-47)55(53-35-29-48(30-36-53)46-25-21-44(22-26-46)41-13-6-2-7-14-41)54-37-31-49(32-38-54)51-18-10-17-50(39-51)42-15-8-3-9-16-42;1-4-10-40(11-5-1)43-16-22-46(23-17-43)49-28-34-52(35-29-49)55(53-36-30-50(31-37-53)47-24-18-44(19-25-47)41-12-6-2-7-13-41)54-38-32-51(33-39-54)48-26-20-45(21-27-48)42-14-8-3-9-15-42;2*1-2/h2*1-39H;2*1-2H3. The molecule has 0 aromatic heterocycles. The molecule has 0 fully saturated rings. The lowest BCUT2D eigenvalue weighted by molar-refractivity contribution is 1.28. The quantitative estimate of drug-likeness (QED) is 0.0845. The molecule has 0 amide bonds. The van der Waals surface area contributed by atoms with Crippen molar-refractivity contribution in [1.29, 1.82) is 0 Å². The summed E-state index contributed by atoms with van der Waals surface area (Å²) in [7, 11) is 0. The van der Waals surface area contributed by atoms with E-state index in [9.17, 15) is 0 Å². The van der Waals surface area contributed by atoms with Crippen LogP contribution in [0.4, 0.5) is 34.1 Å². The lowest BCUT2D eigenvalue weighted by Crippen LogP contribution is -2.09. The molecule has 0 bridgehead atoms. The summed E-state index contributed by atoms with van der Waals surface area (Å²) in [5, 5.41) is 0. The molecule has 0 heterocycles. The van der Waals surface area contributed by atoms with Gasteiger partial charge in [-0.2, -0.15) is 0 Å². The lowest BCUT2D eigenvalue weighted by atomic mass is 9.98. The smallest absolute Gasteiger partial charge is 0.0462 e. The number of benzene rings is 18. The zero-order valence-corrected chi connectivity index (χ0v) is 64.9. The zero-order valence-electron chi connectivity index (χ0n) is 64.9. The molecule has 0 spiro atoms. The molecule has 0 radical (unpaired) electrons. The Morgan fingerprint density at radius 1 is 0.0965 bits per heavy atom. The summed E-state index contributed by atoms with van der Waals surface area (Å²) >= 11 is 0. The van der Waals surface area contributed by atoms with E-state index in [0.717, 1.165) is 34.1 Å². The van der Waals surface area contributed by atoms with Crippen LogP contribution in [0, 0.1) is 0 Å². The van der Waals surface area contributed by atoms with E-state index in [-0.39, 0.29) is 0 Å². The number of rotatable bonds is 18. The topological polar surface area (TPSA) is 6.48 Å². The maximum Gasteiger partial charge on any atom is 0.0462 e. The average Bonchev–Trinajstić information content (AvgIpc) is 0.799. The van der Waals surface area contributed by atoms with Gasteiger partial charge in [-0.25, -0.2) is 0 Å². The van der Waals surface area contributed by atoms with Crippen LogP contribution in [0.2, 0.25) is 0 Å². The van der Waals surface area contributed by atoms with Crippen LogP contribution in [0.25, 0.3) is 134 Å². The first-order chi connectivity index (χ1) is 56.5. The van der Waals surface area contributed by atoms with E-state index >= 15 is 0 Å². The number of hydrogen-bond donors (Lipinski definition) is 0. The van der Waals surface area contributed by atoms with Gasteiger partial charge in [0, 0.05) is 34.1 Å². The van der Waals surface area contributed by atoms with Gasteiger partial charge in [-0.15, -0.1) is 0 Å². The van der Waals surface area contributed by atoms with Gasteiger partial charge in [0.25, 0.3) is 0 Å². The molecular formula is C112H90N2. The number of anilines is 6. The first kappa shape index (κ1) is 75.0. The summed E-state index contributed by atoms with van der Waals surface area (Å²) in [6, 6.07) is 170. The molecule has 18 rings (SSSR count). The minimum Gasteiger partial charge on any atom is -0.311 e. The number of hydrogen-bond acceptors (Lipinski definition) is 2. The maximum absolute atomic E-state index is 2.34. The van der Waals surface area contributed by atoms with Gasteiger partial charge in [-0.3, -0.25) is 0 Å². The van der Waals surface area contributed by atoms with Crippen molar-refractivity contribution in [1.82, 2.24) is 0 Å². The fourth-order valence-electron chi connectivity index (χ4n) is 14.6. The molecule has 0 saturated heterocycles. The second-order valence-electron chi connectivity index (χ2n) is 27.6. The van der Waals surface area contributed by atoms with E-state index in [4.69, 9.17) is 0 Å². The van der Waals surface area contributed by atoms with Gasteiger partial charge in [-0.1, -0.05) is 422 Å². The van der Waals surface area contributed by atoms with E-state index in [2.05, 4.69) is 483 Å². The van der Waals surface area contributed by atoms with E-state index < -0.39 is 0 Å². The summed E-state index contributed by atoms with van der Waals surface area (Å²) in [5.74, 6) is 0. The van der Waals surface area contributed by atoms with Gasteiger partial charge in [0.1, 0.15) is 0 Å². The van der Waals surface area contributed by atoms with Crippen LogP contribution in [0.5, 0.6) is 0 Å². The third kappa shape index (κ3) is 17.9. The van der Waals surface area contributed by atoms with Crippen LogP contribution in [0.15, 0.2) is 473 Å². The average molecular weight is 1460 g/mol. The molecule has 0 aliphatic rings. The second kappa shape index (κ2) is 36.8. The van der Waals surface area contributed by atoms with Crippen molar-refractivity contribution in [2.45, 2.75) is 27.7 Å². The first-order valence-electron chi connectivity index (χ1n) is 39.7. The normalized spacial score (nSPS) is 10.6. The molecule has 0 aliphatic heterocycles. The molecule has 18 aromatic rings. The summed E-state index contributed by atoms with van der Waals surface area (Å²) in [4.78, 5) is 4.68. The SMILES string of the molecule is CC.CC.c1ccc(-c2ccc(-c3ccc(N(c4ccc(-c5ccc(-c6ccccc6)cc5)cc4)c4ccc(-c5ccc(-c6ccccc6)cc5)cc4)cc3)cc2)cc1.c1ccc(-c2ccc(-c3ccc(N(c4ccc(-c5ccc(-c6ccccc6)cc5)cc4)c4ccc(-c5cccc(-c6ccccc6)c5)cc4)cc3)cc2)cc1. The third-order valence-electron chi connectivity index (χ3n) is 20.7. The Morgan fingerprint density at radius 3 is 0.333 bits per heavy atom. The Labute approximate surface area is 673 Å². The lowest BCUT2D eigenvalue weighted by Gasteiger charge is -2.26. The Kier molecular flexibility index (Phi) is 24.2. The van der Waals surface area contributed by atoms with Gasteiger partial charge in [-0.05, 0) is 212 Å². The van der Waals surface area contributed by atoms with Crippen molar-refractivity contribution in [3.63, 3.8) is 0 Å². The summed E-state index contributed by atoms with van der Waals surface area (Å²) in [6.45, 7) is 8.00. The van der Waals surface area contributed by atoms with Crippen molar-refractivity contribution < 1.29 is 0 Å². The molecule has 0 aliphatic carbocycles. The Hall–Kier alpha value is -14.4. The highest BCUT2D eigenvalue weighted by Gasteiger charge is 2.18. The molecule has 0 saturated carbocycles. The second-order valence-corrected chi connectivity index (χ2v) is 27.6. The number of nitrogens with zero attached hydrogens (tertiary/aromatic N) is 2. The predicted molar refractivity (Wildman–Crippen MR) is 490 cm³/mol. The summed E-state index contributed by atoms with van der Waals surface area (Å²) in [5.41, 5.74) is 35.6. The fourth-order valence-corrected chi connectivity index (χ4v) is 14.6. The minimum atomic E-state index is 1.10. The molecule has 114 heavy (non-hydrogen) atoms. The highest BCUT2D eigenvalue weighted by atomic mass is 15.1. The summed E-state index contributed by atoms with van der Waals surface area (Å²) < 4.78 is 0. The largest absolute Gasteiger partial charge is 0.311 e. The van der Waals surface area contributed by atoms with Crippen LogP contribution in [0.1, 0.15) is 27.7 Å². The van der Waals surface area contributed by atoms with Crippen molar-refractivity contribution in [2.75, 3.05) is 9.80 Å². The van der Waals surface area contributed by atoms with Crippen LogP contribution < -0.4 is 9.80 Å². The van der Waals surface area contributed by atoms with Crippen LogP contribution >= 0.6 is 0 Å². The van der Waals surface area contributed by atoms with Crippen molar-refractivity contribution in [3.05, 3.63) is 473 Å². The molecule has 2 nitrogen and oxygen atoms in total. The van der Waals surface area contributed by atoms with Gasteiger partial charge in [0.2, 0.25) is 0 Å². The van der Waals surface area contributed by atoms with Gasteiger partial charge >= 0.3 is 0 Å². The molecule has 18 aromatic carbocycles. The molecule has 2 heteroatoms. The Bertz CT molecular complexity index is 5540. The monoisotopic (exact) mass is 1460 g/mol. The van der Waals surface area contributed by atoms with Crippen molar-refractivity contribution in [3.8, 4) is 134 Å². The molecule has 0 N–H and O–H groups in total. The van der Waals surface area contributed by atoms with Crippen molar-refractivity contribution in [2.24, 2.45) is 0 Å². The van der Waals surface area contributed by atoms with E-state index in [1.165, 1.54) is 134 Å². The predicted octanol–water partition coefficient (Wildman–Crippen LogP) is 32.4. The molecule has 0 unspecified atom stereocenters. The Balaban J connectivity index is 0.000000172. The van der Waals surface area contributed by atoms with Crippen LogP contribution in [-0.2, 0) is 0 Å². The van der Waals surface area contributed by atoms with Crippen LogP contribution in [-0.4, -0.2) is 0 Å². The molecular weight excluding hydrogens is 1370 g/mol. The third-order valence-corrected chi connectivity index (χ3v) is 20.7. The van der Waals surface area contributed by atoms with E-state index in [1.807, 2.05) is 27.7 Å². The van der Waals surface area contributed by atoms with Crippen LogP contribution in [0.3, 0.4) is 0 Å². The molecule has 0 atom stereocenters. The van der Waals surface area contributed by atoms with E-state index in [1.54, 1.807) is 0 Å². The Morgan fingerprint density at radius 2 is 0.193 bits per heavy atom. The van der Waals surface area contributed by atoms with Gasteiger partial charge < -0.3 is 9.80 Å². The highest BCUT2D eigenvalue weighted by molar-refractivity contribution is 5.86. The molecule has 548 valence electrons. The highest BCUT2D eigenvalue weighted by Crippen LogP contribution is 2.42.